The second-order valence-electron chi connectivity index (χ2n) is 16.8. The van der Waals surface area contributed by atoms with Crippen LogP contribution in [0, 0.1) is 0 Å². The van der Waals surface area contributed by atoms with E-state index < -0.39 is 26.5 Å². The molecule has 326 valence electrons. The molecule has 0 aliphatic rings. The average Bonchev–Trinajstić information content (AvgIpc) is 3.13. The number of nitrogens with zero attached hydrogens (tertiary/aromatic N) is 1. The maximum absolute atomic E-state index is 12.7. The van der Waals surface area contributed by atoms with Crippen molar-refractivity contribution in [2.24, 2.45) is 0 Å². The van der Waals surface area contributed by atoms with Crippen LogP contribution in [0.5, 0.6) is 0 Å². The maximum Gasteiger partial charge on any atom is 0.472 e. The topological polar surface area (TPSA) is 108 Å². The smallest absolute Gasteiger partial charge is 0.462 e. The van der Waals surface area contributed by atoms with E-state index in [9.17, 15) is 19.0 Å². The molecule has 2 unspecified atom stereocenters. The van der Waals surface area contributed by atoms with Crippen molar-refractivity contribution < 1.29 is 42.1 Å². The van der Waals surface area contributed by atoms with Crippen LogP contribution in [0.4, 0.5) is 0 Å². The molecule has 2 atom stereocenters. The average molecular weight is 803 g/mol. The van der Waals surface area contributed by atoms with Crippen molar-refractivity contribution in [3.05, 3.63) is 12.2 Å². The monoisotopic (exact) mass is 803 g/mol. The molecule has 0 spiro atoms. The predicted octanol–water partition coefficient (Wildman–Crippen LogP) is 13.0. The van der Waals surface area contributed by atoms with Gasteiger partial charge in [-0.3, -0.25) is 18.6 Å². The van der Waals surface area contributed by atoms with Crippen LogP contribution in [0.15, 0.2) is 12.2 Å². The molecular formula is C45H89NO8P+. The van der Waals surface area contributed by atoms with Crippen molar-refractivity contribution >= 4 is 19.8 Å². The quantitative estimate of drug-likeness (QED) is 0.0214. The van der Waals surface area contributed by atoms with Crippen LogP contribution in [-0.2, 0) is 32.7 Å². The zero-order chi connectivity index (χ0) is 40.7. The molecule has 0 aromatic carbocycles. The summed E-state index contributed by atoms with van der Waals surface area (Å²) in [6, 6.07) is 0. The minimum atomic E-state index is -4.37. The van der Waals surface area contributed by atoms with Crippen LogP contribution in [0.2, 0.25) is 0 Å². The molecular weight excluding hydrogens is 713 g/mol. The van der Waals surface area contributed by atoms with Crippen LogP contribution in [0.3, 0.4) is 0 Å². The van der Waals surface area contributed by atoms with Crippen LogP contribution < -0.4 is 0 Å². The number of quaternary nitrogens is 1. The van der Waals surface area contributed by atoms with Gasteiger partial charge in [-0.1, -0.05) is 174 Å². The Kier molecular flexibility index (Phi) is 37.4. The molecule has 0 fully saturated rings. The second kappa shape index (κ2) is 38.3. The normalized spacial score (nSPS) is 13.6. The number of phosphoric acid groups is 1. The van der Waals surface area contributed by atoms with E-state index in [0.717, 1.165) is 51.4 Å². The molecule has 0 heterocycles. The van der Waals surface area contributed by atoms with Crippen molar-refractivity contribution in [1.82, 2.24) is 0 Å². The van der Waals surface area contributed by atoms with E-state index in [1.54, 1.807) is 0 Å². The third-order valence-electron chi connectivity index (χ3n) is 10.0. The largest absolute Gasteiger partial charge is 0.472 e. The number of hydrogen-bond acceptors (Lipinski definition) is 7. The molecule has 0 amide bonds. The number of ether oxygens (including phenoxy) is 2. The van der Waals surface area contributed by atoms with Crippen LogP contribution in [0.25, 0.3) is 0 Å². The fourth-order valence-electron chi connectivity index (χ4n) is 6.42. The Bertz CT molecular complexity index is 954. The van der Waals surface area contributed by atoms with E-state index >= 15 is 0 Å². The number of allylic oxidation sites excluding steroid dienone is 2. The lowest BCUT2D eigenvalue weighted by Gasteiger charge is -2.24. The lowest BCUT2D eigenvalue weighted by molar-refractivity contribution is -0.870. The van der Waals surface area contributed by atoms with Crippen molar-refractivity contribution in [1.29, 1.82) is 0 Å². The number of carbonyl (C=O) groups is 2. The van der Waals surface area contributed by atoms with E-state index in [1.165, 1.54) is 128 Å². The summed E-state index contributed by atoms with van der Waals surface area (Å²) in [6.07, 6.45) is 39.6. The third kappa shape index (κ3) is 42.2. The van der Waals surface area contributed by atoms with Gasteiger partial charge in [0.2, 0.25) is 0 Å². The van der Waals surface area contributed by atoms with Gasteiger partial charge in [0.15, 0.2) is 6.10 Å². The molecule has 55 heavy (non-hydrogen) atoms. The van der Waals surface area contributed by atoms with Crippen molar-refractivity contribution in [2.75, 3.05) is 47.5 Å². The van der Waals surface area contributed by atoms with Crippen LogP contribution in [-0.4, -0.2) is 74.9 Å². The lowest BCUT2D eigenvalue weighted by atomic mass is 10.0. The van der Waals surface area contributed by atoms with E-state index in [1.807, 2.05) is 21.1 Å². The van der Waals surface area contributed by atoms with E-state index in [-0.39, 0.29) is 25.6 Å². The summed E-state index contributed by atoms with van der Waals surface area (Å²) in [4.78, 5) is 35.4. The Labute approximate surface area is 339 Å². The molecule has 0 aliphatic carbocycles. The number of carbonyl (C=O) groups excluding carboxylic acids is 2. The van der Waals surface area contributed by atoms with E-state index in [4.69, 9.17) is 18.5 Å². The fraction of sp³-hybridized carbons (Fsp3) is 0.911. The highest BCUT2D eigenvalue weighted by Crippen LogP contribution is 2.43. The second-order valence-corrected chi connectivity index (χ2v) is 18.2. The molecule has 0 aromatic heterocycles. The summed E-state index contributed by atoms with van der Waals surface area (Å²) < 4.78 is 34.3. The zero-order valence-electron chi connectivity index (χ0n) is 36.7. The number of rotatable bonds is 42. The lowest BCUT2D eigenvalue weighted by Crippen LogP contribution is -2.37. The van der Waals surface area contributed by atoms with Gasteiger partial charge in [0.05, 0.1) is 27.7 Å². The van der Waals surface area contributed by atoms with Crippen molar-refractivity contribution in [2.45, 2.75) is 219 Å². The van der Waals surface area contributed by atoms with Gasteiger partial charge >= 0.3 is 19.8 Å². The number of likely N-dealkylation sites (N-methyl/N-ethyl adjacent to an activating group) is 1. The molecule has 0 aliphatic heterocycles. The Morgan fingerprint density at radius 2 is 0.927 bits per heavy atom. The summed E-state index contributed by atoms with van der Waals surface area (Å²) in [5.41, 5.74) is 0. The highest BCUT2D eigenvalue weighted by molar-refractivity contribution is 7.47. The first-order valence-electron chi connectivity index (χ1n) is 22.9. The first kappa shape index (κ1) is 53.8. The number of esters is 2. The van der Waals surface area contributed by atoms with E-state index in [0.29, 0.717) is 23.9 Å². The predicted molar refractivity (Wildman–Crippen MR) is 229 cm³/mol. The highest BCUT2D eigenvalue weighted by atomic mass is 31.2. The zero-order valence-corrected chi connectivity index (χ0v) is 37.6. The first-order valence-corrected chi connectivity index (χ1v) is 24.4. The standard InChI is InChI=1S/C45H88NO8P/c1-6-8-10-12-14-16-18-20-22-24-25-27-29-31-33-35-37-44(47)51-41-43(42-53-55(49,50)52-40-39-46(3,4)5)54-45(48)38-36-34-32-30-28-26-23-21-19-17-15-13-11-9-7-2/h21,23,43H,6-20,22,24-42H2,1-5H3/p+1/b23-21-. The first-order chi connectivity index (χ1) is 26.5. The minimum Gasteiger partial charge on any atom is -0.462 e. The van der Waals surface area contributed by atoms with Gasteiger partial charge in [0.25, 0.3) is 0 Å². The Balaban J connectivity index is 4.32. The van der Waals surface area contributed by atoms with Crippen LogP contribution >= 0.6 is 7.82 Å². The van der Waals surface area contributed by atoms with Gasteiger partial charge in [-0.2, -0.15) is 0 Å². The number of hydrogen-bond donors (Lipinski definition) is 1. The molecule has 0 aromatic rings. The van der Waals surface area contributed by atoms with Gasteiger partial charge in [-0.25, -0.2) is 4.57 Å². The molecule has 1 N–H and O–H groups in total. The Morgan fingerprint density at radius 3 is 1.35 bits per heavy atom. The molecule has 0 saturated heterocycles. The molecule has 0 rings (SSSR count). The van der Waals surface area contributed by atoms with Gasteiger partial charge in [-0.05, 0) is 38.5 Å². The SMILES string of the molecule is CCCCCCCC/C=C\CCCCCCCC(=O)OC(COC(=O)CCCCCCCCCCCCCCCCCC)COP(=O)(O)OCC[N+](C)(C)C. The number of unbranched alkanes of at least 4 members (excludes halogenated alkanes) is 26. The summed E-state index contributed by atoms with van der Waals surface area (Å²) in [6.45, 7) is 4.44. The summed E-state index contributed by atoms with van der Waals surface area (Å²) in [7, 11) is 1.48. The fourth-order valence-corrected chi connectivity index (χ4v) is 7.16. The van der Waals surface area contributed by atoms with Gasteiger partial charge in [-0.15, -0.1) is 0 Å². The number of phosphoric ester groups is 1. The minimum absolute atomic E-state index is 0.0332. The van der Waals surface area contributed by atoms with E-state index in [2.05, 4.69) is 26.0 Å². The molecule has 0 radical (unpaired) electrons. The summed E-state index contributed by atoms with van der Waals surface area (Å²) in [5, 5.41) is 0. The Hall–Kier alpha value is -1.25. The highest BCUT2D eigenvalue weighted by Gasteiger charge is 2.27. The van der Waals surface area contributed by atoms with Crippen molar-refractivity contribution in [3.8, 4) is 0 Å². The Morgan fingerprint density at radius 1 is 0.545 bits per heavy atom. The summed E-state index contributed by atoms with van der Waals surface area (Å²) >= 11 is 0. The van der Waals surface area contributed by atoms with Gasteiger partial charge < -0.3 is 18.9 Å². The molecule has 0 saturated carbocycles. The maximum atomic E-state index is 12.7. The molecule has 0 bridgehead atoms. The summed E-state index contributed by atoms with van der Waals surface area (Å²) in [5.74, 6) is -0.797. The molecule has 10 heteroatoms. The van der Waals surface area contributed by atoms with Crippen LogP contribution in [0.1, 0.15) is 213 Å². The van der Waals surface area contributed by atoms with Crippen molar-refractivity contribution in [3.63, 3.8) is 0 Å². The van der Waals surface area contributed by atoms with Gasteiger partial charge in [0, 0.05) is 12.8 Å². The third-order valence-corrected chi connectivity index (χ3v) is 11.0. The molecule has 9 nitrogen and oxygen atoms in total. The van der Waals surface area contributed by atoms with Gasteiger partial charge in [0.1, 0.15) is 19.8 Å².